The van der Waals surface area contributed by atoms with Crippen LogP contribution in [0.15, 0.2) is 52.6 Å². The molecule has 2 N–H and O–H groups in total. The summed E-state index contributed by atoms with van der Waals surface area (Å²) in [7, 11) is 3.32. The SMILES string of the molecule is COc1ccc2[nH]c(=O)c3sccc3c2c1-c1ccc(CN2CCC(N(C)C(=O)O)CC2)cc1. The number of hydrogen-bond donors (Lipinski definition) is 2. The number of nitrogens with zero attached hydrogens (tertiary/aromatic N) is 2. The highest BCUT2D eigenvalue weighted by molar-refractivity contribution is 7.17. The zero-order valence-electron chi connectivity index (χ0n) is 19.2. The molecular weight excluding hydrogens is 450 g/mol. The van der Waals surface area contributed by atoms with Crippen LogP contribution in [0, 0.1) is 0 Å². The van der Waals surface area contributed by atoms with Crippen LogP contribution >= 0.6 is 11.3 Å². The molecule has 0 spiro atoms. The number of hydrogen-bond acceptors (Lipinski definition) is 5. The molecule has 4 aromatic rings. The number of methoxy groups -OCH3 is 1. The van der Waals surface area contributed by atoms with Crippen molar-refractivity contribution in [3.05, 3.63) is 63.8 Å². The number of aromatic nitrogens is 1. The van der Waals surface area contributed by atoms with Crippen LogP contribution in [-0.4, -0.2) is 59.3 Å². The summed E-state index contributed by atoms with van der Waals surface area (Å²) >= 11 is 1.45. The Morgan fingerprint density at radius 2 is 1.91 bits per heavy atom. The minimum atomic E-state index is -0.860. The Morgan fingerprint density at radius 1 is 1.18 bits per heavy atom. The molecule has 7 nitrogen and oxygen atoms in total. The summed E-state index contributed by atoms with van der Waals surface area (Å²) in [5.41, 5.74) is 3.95. The molecule has 0 saturated carbocycles. The molecule has 0 atom stereocenters. The maximum Gasteiger partial charge on any atom is 0.407 e. The summed E-state index contributed by atoms with van der Waals surface area (Å²) in [6, 6.07) is 14.4. The molecule has 2 aromatic carbocycles. The zero-order valence-corrected chi connectivity index (χ0v) is 20.0. The lowest BCUT2D eigenvalue weighted by molar-refractivity contribution is 0.103. The van der Waals surface area contributed by atoms with Crippen LogP contribution in [-0.2, 0) is 6.54 Å². The minimum Gasteiger partial charge on any atom is -0.496 e. The summed E-state index contributed by atoms with van der Waals surface area (Å²) in [5.74, 6) is 0.768. The van der Waals surface area contributed by atoms with Crippen molar-refractivity contribution in [3.63, 3.8) is 0 Å². The number of likely N-dealkylation sites (tertiary alicyclic amines) is 1. The largest absolute Gasteiger partial charge is 0.496 e. The molecule has 1 aliphatic heterocycles. The Kier molecular flexibility index (Phi) is 6.02. The number of carboxylic acid groups (broad SMARTS) is 1. The number of benzene rings is 2. The molecule has 1 saturated heterocycles. The molecule has 0 unspecified atom stereocenters. The number of thiophene rings is 1. The summed E-state index contributed by atoms with van der Waals surface area (Å²) in [4.78, 5) is 30.5. The van der Waals surface area contributed by atoms with E-state index in [9.17, 15) is 14.7 Å². The van der Waals surface area contributed by atoms with E-state index in [4.69, 9.17) is 4.74 Å². The molecule has 3 heterocycles. The monoisotopic (exact) mass is 477 g/mol. The molecule has 5 rings (SSSR count). The molecule has 8 heteroatoms. The van der Waals surface area contributed by atoms with Crippen molar-refractivity contribution in [2.24, 2.45) is 0 Å². The fourth-order valence-electron chi connectivity index (χ4n) is 4.94. The maximum absolute atomic E-state index is 12.5. The highest BCUT2D eigenvalue weighted by Gasteiger charge is 2.25. The average molecular weight is 478 g/mol. The minimum absolute atomic E-state index is 0.0673. The quantitative estimate of drug-likeness (QED) is 0.423. The number of rotatable bonds is 5. The third-order valence-electron chi connectivity index (χ3n) is 6.83. The first-order valence-corrected chi connectivity index (χ1v) is 12.2. The first-order chi connectivity index (χ1) is 16.5. The molecule has 34 heavy (non-hydrogen) atoms. The molecule has 2 aromatic heterocycles. The van der Waals surface area contributed by atoms with E-state index in [0.29, 0.717) is 0 Å². The van der Waals surface area contributed by atoms with Gasteiger partial charge < -0.3 is 19.7 Å². The second-order valence-corrected chi connectivity index (χ2v) is 9.70. The number of piperidine rings is 1. The van der Waals surface area contributed by atoms with Gasteiger partial charge in [-0.1, -0.05) is 24.3 Å². The van der Waals surface area contributed by atoms with Gasteiger partial charge >= 0.3 is 6.09 Å². The second kappa shape index (κ2) is 9.12. The fraction of sp³-hybridized carbons (Fsp3) is 0.308. The summed E-state index contributed by atoms with van der Waals surface area (Å²) in [5, 5.41) is 13.1. The zero-order chi connectivity index (χ0) is 23.8. The van der Waals surface area contributed by atoms with Crippen LogP contribution in [0.3, 0.4) is 0 Å². The van der Waals surface area contributed by atoms with Gasteiger partial charge in [0.2, 0.25) is 0 Å². The van der Waals surface area contributed by atoms with Crippen molar-refractivity contribution in [1.82, 2.24) is 14.8 Å². The Hall–Kier alpha value is -3.36. The van der Waals surface area contributed by atoms with Gasteiger partial charge in [-0.05, 0) is 47.5 Å². The van der Waals surface area contributed by atoms with Crippen molar-refractivity contribution < 1.29 is 14.6 Å². The van der Waals surface area contributed by atoms with Gasteiger partial charge in [0, 0.05) is 54.6 Å². The Morgan fingerprint density at radius 3 is 2.59 bits per heavy atom. The number of fused-ring (bicyclic) bond motifs is 3. The van der Waals surface area contributed by atoms with Crippen LogP contribution < -0.4 is 10.3 Å². The van der Waals surface area contributed by atoms with Gasteiger partial charge in [-0.3, -0.25) is 9.69 Å². The predicted octanol–water partition coefficient (Wildman–Crippen LogP) is 4.99. The smallest absolute Gasteiger partial charge is 0.407 e. The van der Waals surface area contributed by atoms with Gasteiger partial charge in [0.25, 0.3) is 5.56 Å². The van der Waals surface area contributed by atoms with E-state index in [0.717, 1.165) is 70.3 Å². The van der Waals surface area contributed by atoms with Crippen molar-refractivity contribution in [1.29, 1.82) is 0 Å². The van der Waals surface area contributed by atoms with E-state index in [1.165, 1.54) is 21.8 Å². The summed E-state index contributed by atoms with van der Waals surface area (Å²) in [6.45, 7) is 2.59. The maximum atomic E-state index is 12.5. The van der Waals surface area contributed by atoms with Crippen LogP contribution in [0.5, 0.6) is 5.75 Å². The molecule has 1 fully saturated rings. The van der Waals surface area contributed by atoms with Gasteiger partial charge in [-0.15, -0.1) is 11.3 Å². The van der Waals surface area contributed by atoms with Crippen LogP contribution in [0.2, 0.25) is 0 Å². The normalized spacial score (nSPS) is 15.1. The number of ether oxygens (including phenoxy) is 1. The van der Waals surface area contributed by atoms with E-state index >= 15 is 0 Å². The molecule has 0 radical (unpaired) electrons. The topological polar surface area (TPSA) is 85.9 Å². The van der Waals surface area contributed by atoms with Crippen molar-refractivity contribution >= 4 is 38.4 Å². The second-order valence-electron chi connectivity index (χ2n) is 8.78. The molecule has 1 aliphatic rings. The van der Waals surface area contributed by atoms with E-state index < -0.39 is 6.09 Å². The number of aromatic amines is 1. The highest BCUT2D eigenvalue weighted by Crippen LogP contribution is 2.40. The van der Waals surface area contributed by atoms with Gasteiger partial charge in [0.15, 0.2) is 0 Å². The average Bonchev–Trinajstić information content (AvgIpc) is 3.35. The number of carbonyl (C=O) groups is 1. The van der Waals surface area contributed by atoms with Gasteiger partial charge in [-0.2, -0.15) is 0 Å². The van der Waals surface area contributed by atoms with E-state index in [1.54, 1.807) is 14.2 Å². The van der Waals surface area contributed by atoms with Gasteiger partial charge in [0.1, 0.15) is 10.4 Å². The Bertz CT molecular complexity index is 1400. The molecule has 0 bridgehead atoms. The molecule has 176 valence electrons. The lowest BCUT2D eigenvalue weighted by atomic mass is 9.96. The van der Waals surface area contributed by atoms with Crippen LogP contribution in [0.4, 0.5) is 4.79 Å². The molecular formula is C26H27N3O4S. The third kappa shape index (κ3) is 4.03. The lowest BCUT2D eigenvalue weighted by Crippen LogP contribution is -2.44. The first-order valence-electron chi connectivity index (χ1n) is 11.3. The van der Waals surface area contributed by atoms with Crippen molar-refractivity contribution in [2.75, 3.05) is 27.2 Å². The number of amides is 1. The van der Waals surface area contributed by atoms with Gasteiger partial charge in [0.05, 0.1) is 7.11 Å². The van der Waals surface area contributed by atoms with E-state index in [1.807, 2.05) is 23.6 Å². The first kappa shape index (κ1) is 22.4. The van der Waals surface area contributed by atoms with E-state index in [2.05, 4.69) is 34.1 Å². The molecule has 0 aliphatic carbocycles. The van der Waals surface area contributed by atoms with Crippen LogP contribution in [0.25, 0.3) is 32.1 Å². The van der Waals surface area contributed by atoms with Crippen molar-refractivity contribution in [2.45, 2.75) is 25.4 Å². The predicted molar refractivity (Wildman–Crippen MR) is 136 cm³/mol. The Labute approximate surface area is 201 Å². The standard InChI is InChI=1S/C26H27N3O4S/c1-28(26(31)32)18-9-12-29(13-10-18)15-16-3-5-17(6-4-16)22-21(33-2)8-7-20-23(22)19-11-14-34-24(19)25(30)27-20/h3-8,11,14,18H,9-10,12-13,15H2,1-2H3,(H,27,30)(H,31,32). The Balaban J connectivity index is 1.42. The number of pyridine rings is 1. The fourth-order valence-corrected chi connectivity index (χ4v) is 5.74. The number of nitrogens with one attached hydrogen (secondary N) is 1. The van der Waals surface area contributed by atoms with E-state index in [-0.39, 0.29) is 11.6 Å². The summed E-state index contributed by atoms with van der Waals surface area (Å²) < 4.78 is 6.44. The molecule has 1 amide bonds. The van der Waals surface area contributed by atoms with Gasteiger partial charge in [-0.25, -0.2) is 4.79 Å². The lowest BCUT2D eigenvalue weighted by Gasteiger charge is -2.35. The third-order valence-corrected chi connectivity index (χ3v) is 7.74. The van der Waals surface area contributed by atoms with Crippen LogP contribution in [0.1, 0.15) is 18.4 Å². The number of H-pyrrole nitrogens is 1. The summed E-state index contributed by atoms with van der Waals surface area (Å²) in [6.07, 6.45) is 0.841. The van der Waals surface area contributed by atoms with Crippen molar-refractivity contribution in [3.8, 4) is 16.9 Å². The highest BCUT2D eigenvalue weighted by atomic mass is 32.1.